The summed E-state index contributed by atoms with van der Waals surface area (Å²) in [5.41, 5.74) is 0.713. The van der Waals surface area contributed by atoms with Crippen LogP contribution in [0.1, 0.15) is 57.6 Å². The standard InChI is InChI=1S/C17H23NO2/c1-17(2)15(13-9-5-3-6-10-13)18(16(19)20-17)14-11-7-4-8-12-14/h3,5-6,9-10,14-15H,4,7-8,11-12H2,1-2H3/t15-/m1/s1. The molecule has 3 rings (SSSR count). The lowest BCUT2D eigenvalue weighted by Gasteiger charge is -2.36. The number of hydrogen-bond donors (Lipinski definition) is 0. The Bertz CT molecular complexity index is 477. The van der Waals surface area contributed by atoms with Crippen molar-refractivity contribution in [2.75, 3.05) is 0 Å². The van der Waals surface area contributed by atoms with Gasteiger partial charge in [0, 0.05) is 6.04 Å². The molecule has 0 unspecified atom stereocenters. The highest BCUT2D eigenvalue weighted by atomic mass is 16.6. The van der Waals surface area contributed by atoms with Crippen LogP contribution in [0.4, 0.5) is 4.79 Å². The molecule has 0 N–H and O–H groups in total. The third-order valence-corrected chi connectivity index (χ3v) is 4.58. The lowest BCUT2D eigenvalue weighted by molar-refractivity contribution is 0.0665. The molecule has 1 saturated heterocycles. The Morgan fingerprint density at radius 1 is 1.10 bits per heavy atom. The first-order chi connectivity index (χ1) is 9.59. The summed E-state index contributed by atoms with van der Waals surface area (Å²) in [6, 6.07) is 10.6. The van der Waals surface area contributed by atoms with Crippen molar-refractivity contribution in [2.24, 2.45) is 0 Å². The number of carbonyl (C=O) groups excluding carboxylic acids is 1. The van der Waals surface area contributed by atoms with Crippen molar-refractivity contribution in [3.63, 3.8) is 0 Å². The van der Waals surface area contributed by atoms with E-state index in [1.165, 1.54) is 24.8 Å². The van der Waals surface area contributed by atoms with Gasteiger partial charge in [-0.15, -0.1) is 0 Å². The minimum Gasteiger partial charge on any atom is -0.441 e. The van der Waals surface area contributed by atoms with E-state index >= 15 is 0 Å². The molecule has 108 valence electrons. The van der Waals surface area contributed by atoms with Gasteiger partial charge in [0.15, 0.2) is 0 Å². The first kappa shape index (κ1) is 13.5. The van der Waals surface area contributed by atoms with Crippen LogP contribution in [0.25, 0.3) is 0 Å². The second-order valence-electron chi connectivity index (χ2n) is 6.48. The molecule has 20 heavy (non-hydrogen) atoms. The zero-order valence-corrected chi connectivity index (χ0v) is 12.3. The van der Waals surface area contributed by atoms with E-state index in [1.807, 2.05) is 36.9 Å². The van der Waals surface area contributed by atoms with Gasteiger partial charge in [-0.2, -0.15) is 0 Å². The van der Waals surface area contributed by atoms with Crippen molar-refractivity contribution in [3.05, 3.63) is 35.9 Å². The monoisotopic (exact) mass is 273 g/mol. The summed E-state index contributed by atoms with van der Waals surface area (Å²) in [5.74, 6) is 0. The van der Waals surface area contributed by atoms with Gasteiger partial charge in [-0.1, -0.05) is 49.6 Å². The number of nitrogens with zero attached hydrogens (tertiary/aromatic N) is 1. The predicted molar refractivity (Wildman–Crippen MR) is 78.5 cm³/mol. The molecule has 1 atom stereocenters. The molecule has 0 radical (unpaired) electrons. The average molecular weight is 273 g/mol. The van der Waals surface area contributed by atoms with E-state index in [4.69, 9.17) is 4.74 Å². The smallest absolute Gasteiger partial charge is 0.411 e. The van der Waals surface area contributed by atoms with Crippen LogP contribution in [0.5, 0.6) is 0 Å². The molecule has 3 nitrogen and oxygen atoms in total. The molecule has 1 heterocycles. The van der Waals surface area contributed by atoms with Crippen LogP contribution >= 0.6 is 0 Å². The molecule has 1 aromatic rings. The van der Waals surface area contributed by atoms with Gasteiger partial charge in [-0.25, -0.2) is 4.79 Å². The average Bonchev–Trinajstić information content (AvgIpc) is 2.70. The molecule has 1 saturated carbocycles. The van der Waals surface area contributed by atoms with Crippen molar-refractivity contribution in [1.29, 1.82) is 0 Å². The maximum absolute atomic E-state index is 12.4. The van der Waals surface area contributed by atoms with E-state index in [2.05, 4.69) is 12.1 Å². The molecule has 2 fully saturated rings. The summed E-state index contributed by atoms with van der Waals surface area (Å²) >= 11 is 0. The Kier molecular flexibility index (Phi) is 3.45. The summed E-state index contributed by atoms with van der Waals surface area (Å²) in [6.07, 6.45) is 5.80. The van der Waals surface area contributed by atoms with Crippen LogP contribution in [0, 0.1) is 0 Å². The zero-order chi connectivity index (χ0) is 14.2. The molecule has 3 heteroatoms. The van der Waals surface area contributed by atoms with Crippen molar-refractivity contribution in [3.8, 4) is 0 Å². The van der Waals surface area contributed by atoms with E-state index in [9.17, 15) is 4.79 Å². The van der Waals surface area contributed by atoms with E-state index in [-0.39, 0.29) is 12.1 Å². The molecular formula is C17H23NO2. The second kappa shape index (κ2) is 5.12. The maximum atomic E-state index is 12.4. The van der Waals surface area contributed by atoms with Gasteiger partial charge in [0.2, 0.25) is 0 Å². The Labute approximate surface area is 120 Å². The third-order valence-electron chi connectivity index (χ3n) is 4.58. The van der Waals surface area contributed by atoms with Crippen molar-refractivity contribution in [2.45, 2.75) is 63.6 Å². The van der Waals surface area contributed by atoms with Crippen LogP contribution < -0.4 is 0 Å². The van der Waals surface area contributed by atoms with Crippen LogP contribution in [0.3, 0.4) is 0 Å². The van der Waals surface area contributed by atoms with E-state index in [1.54, 1.807) is 0 Å². The van der Waals surface area contributed by atoms with E-state index in [0.717, 1.165) is 12.8 Å². The highest BCUT2D eigenvalue weighted by molar-refractivity contribution is 5.72. The van der Waals surface area contributed by atoms with Gasteiger partial charge >= 0.3 is 6.09 Å². The zero-order valence-electron chi connectivity index (χ0n) is 12.3. The Hall–Kier alpha value is -1.51. The first-order valence-corrected chi connectivity index (χ1v) is 7.66. The van der Waals surface area contributed by atoms with Gasteiger partial charge in [0.25, 0.3) is 0 Å². The van der Waals surface area contributed by atoms with Crippen LogP contribution in [0.15, 0.2) is 30.3 Å². The van der Waals surface area contributed by atoms with Gasteiger partial charge in [-0.05, 0) is 32.3 Å². The second-order valence-corrected chi connectivity index (χ2v) is 6.48. The van der Waals surface area contributed by atoms with Gasteiger partial charge < -0.3 is 4.74 Å². The fraction of sp³-hybridized carbons (Fsp3) is 0.588. The van der Waals surface area contributed by atoms with Crippen molar-refractivity contribution in [1.82, 2.24) is 4.90 Å². The summed E-state index contributed by atoms with van der Waals surface area (Å²) in [4.78, 5) is 14.4. The van der Waals surface area contributed by atoms with Crippen LogP contribution in [-0.2, 0) is 4.74 Å². The number of benzene rings is 1. The maximum Gasteiger partial charge on any atom is 0.411 e. The number of amides is 1. The van der Waals surface area contributed by atoms with Crippen molar-refractivity contribution >= 4 is 6.09 Å². The first-order valence-electron chi connectivity index (χ1n) is 7.66. The summed E-state index contributed by atoms with van der Waals surface area (Å²) in [5, 5.41) is 0. The number of ether oxygens (including phenoxy) is 1. The molecule has 1 aliphatic carbocycles. The summed E-state index contributed by atoms with van der Waals surface area (Å²) in [7, 11) is 0. The molecular weight excluding hydrogens is 250 g/mol. The Morgan fingerprint density at radius 2 is 1.75 bits per heavy atom. The number of rotatable bonds is 2. The molecule has 1 amide bonds. The fourth-order valence-electron chi connectivity index (χ4n) is 3.69. The predicted octanol–water partition coefficient (Wildman–Crippen LogP) is 4.29. The minimum atomic E-state index is -0.462. The number of hydrogen-bond acceptors (Lipinski definition) is 2. The largest absolute Gasteiger partial charge is 0.441 e. The van der Waals surface area contributed by atoms with E-state index < -0.39 is 5.60 Å². The van der Waals surface area contributed by atoms with Gasteiger partial charge in [0.05, 0.1) is 6.04 Å². The third kappa shape index (κ3) is 2.30. The number of cyclic esters (lactones) is 1. The van der Waals surface area contributed by atoms with Crippen LogP contribution in [-0.4, -0.2) is 22.6 Å². The summed E-state index contributed by atoms with van der Waals surface area (Å²) < 4.78 is 5.67. The highest BCUT2D eigenvalue weighted by Crippen LogP contribution is 2.44. The Balaban J connectivity index is 1.95. The quantitative estimate of drug-likeness (QED) is 0.804. The van der Waals surface area contributed by atoms with E-state index in [0.29, 0.717) is 6.04 Å². The summed E-state index contributed by atoms with van der Waals surface area (Å²) in [6.45, 7) is 4.04. The molecule has 1 aromatic carbocycles. The molecule has 0 bridgehead atoms. The SMILES string of the molecule is CC1(C)OC(=O)N(C2CCCCC2)[C@@H]1c1ccccc1. The lowest BCUT2D eigenvalue weighted by Crippen LogP contribution is -2.41. The topological polar surface area (TPSA) is 29.5 Å². The lowest BCUT2D eigenvalue weighted by atomic mass is 9.87. The highest BCUT2D eigenvalue weighted by Gasteiger charge is 2.50. The molecule has 1 aliphatic heterocycles. The van der Waals surface area contributed by atoms with Crippen LogP contribution in [0.2, 0.25) is 0 Å². The fourth-order valence-corrected chi connectivity index (χ4v) is 3.69. The normalized spacial score (nSPS) is 26.6. The number of carbonyl (C=O) groups is 1. The van der Waals surface area contributed by atoms with Crippen molar-refractivity contribution < 1.29 is 9.53 Å². The molecule has 0 spiro atoms. The molecule has 2 aliphatic rings. The minimum absolute atomic E-state index is 0.0271. The Morgan fingerprint density at radius 3 is 2.40 bits per heavy atom. The van der Waals surface area contributed by atoms with Gasteiger partial charge in [0.1, 0.15) is 5.60 Å². The van der Waals surface area contributed by atoms with Gasteiger partial charge in [-0.3, -0.25) is 4.90 Å². The molecule has 0 aromatic heterocycles.